The number of carbonyl (C=O) groups excluding carboxylic acids is 2. The molecule has 0 atom stereocenters. The predicted octanol–water partition coefficient (Wildman–Crippen LogP) is 5.42. The van der Waals surface area contributed by atoms with E-state index in [4.69, 9.17) is 11.6 Å². The van der Waals surface area contributed by atoms with Crippen LogP contribution in [0.25, 0.3) is 22.2 Å². The lowest BCUT2D eigenvalue weighted by Gasteiger charge is -2.08. The molecule has 0 amide bonds. The van der Waals surface area contributed by atoms with Crippen LogP contribution in [0.15, 0.2) is 54.6 Å². The van der Waals surface area contributed by atoms with E-state index in [1.807, 2.05) is 0 Å². The Kier molecular flexibility index (Phi) is 5.29. The highest BCUT2D eigenvalue weighted by Gasteiger charge is 2.24. The first-order valence-corrected chi connectivity index (χ1v) is 9.56. The lowest BCUT2D eigenvalue weighted by Crippen LogP contribution is -2.15. The van der Waals surface area contributed by atoms with Gasteiger partial charge in [-0.15, -0.1) is 0 Å². The van der Waals surface area contributed by atoms with E-state index < -0.39 is 23.5 Å². The van der Waals surface area contributed by atoms with E-state index in [1.165, 1.54) is 37.4 Å². The normalized spacial score (nSPS) is 11.0. The van der Waals surface area contributed by atoms with Gasteiger partial charge in [0.1, 0.15) is 17.3 Å². The second-order valence-electron chi connectivity index (χ2n) is 6.82. The Bertz CT molecular complexity index is 1340. The summed E-state index contributed by atoms with van der Waals surface area (Å²) in [4.78, 5) is 24.9. The molecule has 8 heteroatoms. The van der Waals surface area contributed by atoms with E-state index in [1.54, 1.807) is 25.1 Å². The Morgan fingerprint density at radius 3 is 2.45 bits per heavy atom. The number of halogens is 3. The summed E-state index contributed by atoms with van der Waals surface area (Å²) in [5.41, 5.74) is 0.857. The molecule has 0 aliphatic carbocycles. The molecular formula is C23H15ClF2N2O3. The van der Waals surface area contributed by atoms with Crippen molar-refractivity contribution in [3.8, 4) is 11.3 Å². The number of nitrogens with zero attached hydrogens (tertiary/aromatic N) is 2. The summed E-state index contributed by atoms with van der Waals surface area (Å²) in [7, 11) is 1.18. The molecule has 0 spiro atoms. The molecule has 0 aliphatic heterocycles. The van der Waals surface area contributed by atoms with E-state index in [-0.39, 0.29) is 38.3 Å². The van der Waals surface area contributed by atoms with Gasteiger partial charge in [-0.25, -0.2) is 13.6 Å². The SMILES string of the molecule is COC(=O)c1ccc(-c2nn(C(=O)c3c(C)cccc3Cl)c3cccc(F)c23)c(F)c1. The Hall–Kier alpha value is -3.58. The fourth-order valence-corrected chi connectivity index (χ4v) is 3.73. The van der Waals surface area contributed by atoms with Crippen LogP contribution in [-0.2, 0) is 4.74 Å². The molecule has 0 radical (unpaired) electrons. The maximum atomic E-state index is 14.9. The fraction of sp³-hybridized carbons (Fsp3) is 0.0870. The van der Waals surface area contributed by atoms with Crippen LogP contribution in [0.2, 0.25) is 5.02 Å². The van der Waals surface area contributed by atoms with Gasteiger partial charge in [-0.1, -0.05) is 29.8 Å². The van der Waals surface area contributed by atoms with Crippen LogP contribution in [0, 0.1) is 18.6 Å². The van der Waals surface area contributed by atoms with Gasteiger partial charge in [0.25, 0.3) is 5.91 Å². The third-order valence-electron chi connectivity index (χ3n) is 4.93. The number of methoxy groups -OCH3 is 1. The minimum atomic E-state index is -0.806. The summed E-state index contributed by atoms with van der Waals surface area (Å²) in [5, 5.41) is 4.45. The Balaban J connectivity index is 1.95. The first kappa shape index (κ1) is 20.7. The number of carbonyl (C=O) groups is 2. The number of fused-ring (bicyclic) bond motifs is 1. The van der Waals surface area contributed by atoms with Gasteiger partial charge in [-0.2, -0.15) is 9.78 Å². The molecule has 0 bridgehead atoms. The van der Waals surface area contributed by atoms with Crippen LogP contribution in [0.3, 0.4) is 0 Å². The summed E-state index contributed by atoms with van der Waals surface area (Å²) in [6.07, 6.45) is 0. The summed E-state index contributed by atoms with van der Waals surface area (Å²) in [6, 6.07) is 12.8. The second-order valence-corrected chi connectivity index (χ2v) is 7.22. The molecule has 156 valence electrons. The molecule has 0 saturated heterocycles. The van der Waals surface area contributed by atoms with Crippen LogP contribution in [-0.4, -0.2) is 28.8 Å². The minimum Gasteiger partial charge on any atom is -0.465 e. The van der Waals surface area contributed by atoms with Crippen molar-refractivity contribution in [3.63, 3.8) is 0 Å². The van der Waals surface area contributed by atoms with Gasteiger partial charge >= 0.3 is 5.97 Å². The molecule has 4 aromatic rings. The fourth-order valence-electron chi connectivity index (χ4n) is 3.43. The van der Waals surface area contributed by atoms with Crippen molar-refractivity contribution >= 4 is 34.4 Å². The Morgan fingerprint density at radius 2 is 1.77 bits per heavy atom. The number of ether oxygens (including phenoxy) is 1. The molecule has 1 aromatic heterocycles. The third-order valence-corrected chi connectivity index (χ3v) is 5.25. The van der Waals surface area contributed by atoms with Crippen molar-refractivity contribution in [3.05, 3.63) is 87.9 Å². The highest BCUT2D eigenvalue weighted by atomic mass is 35.5. The van der Waals surface area contributed by atoms with Gasteiger partial charge in [-0.05, 0) is 48.9 Å². The van der Waals surface area contributed by atoms with Crippen LogP contribution < -0.4 is 0 Å². The number of benzene rings is 3. The van der Waals surface area contributed by atoms with Gasteiger partial charge < -0.3 is 4.74 Å². The van der Waals surface area contributed by atoms with Crippen LogP contribution in [0.1, 0.15) is 26.3 Å². The monoisotopic (exact) mass is 440 g/mol. The van der Waals surface area contributed by atoms with Crippen LogP contribution in [0.4, 0.5) is 8.78 Å². The maximum Gasteiger partial charge on any atom is 0.337 e. The first-order valence-electron chi connectivity index (χ1n) is 9.18. The molecule has 0 N–H and O–H groups in total. The number of rotatable bonds is 3. The van der Waals surface area contributed by atoms with E-state index >= 15 is 0 Å². The molecular weight excluding hydrogens is 426 g/mol. The second kappa shape index (κ2) is 7.92. The average molecular weight is 441 g/mol. The Morgan fingerprint density at radius 1 is 1.03 bits per heavy atom. The average Bonchev–Trinajstić information content (AvgIpc) is 3.13. The number of aryl methyl sites for hydroxylation is 1. The molecule has 0 aliphatic rings. The highest BCUT2D eigenvalue weighted by Crippen LogP contribution is 2.33. The lowest BCUT2D eigenvalue weighted by molar-refractivity contribution is 0.0600. The maximum absolute atomic E-state index is 14.9. The first-order chi connectivity index (χ1) is 14.8. The summed E-state index contributed by atoms with van der Waals surface area (Å²) >= 11 is 6.23. The van der Waals surface area contributed by atoms with Crippen molar-refractivity contribution in [1.29, 1.82) is 0 Å². The largest absolute Gasteiger partial charge is 0.465 e. The molecule has 0 fully saturated rings. The predicted molar refractivity (Wildman–Crippen MR) is 112 cm³/mol. The van der Waals surface area contributed by atoms with Crippen molar-refractivity contribution in [2.24, 2.45) is 0 Å². The van der Waals surface area contributed by atoms with Crippen LogP contribution in [0.5, 0.6) is 0 Å². The standard InChI is InChI=1S/C23H15ClF2N2O3/c1-12-5-3-6-15(24)19(12)22(29)28-18-8-4-7-16(25)20(18)21(27-28)14-10-9-13(11-17(14)26)23(30)31-2/h3-11H,1-2H3. The van der Waals surface area contributed by atoms with Crippen molar-refractivity contribution in [2.45, 2.75) is 6.92 Å². The quantitative estimate of drug-likeness (QED) is 0.399. The summed E-state index contributed by atoms with van der Waals surface area (Å²) in [5.74, 6) is -2.76. The van der Waals surface area contributed by atoms with Crippen molar-refractivity contribution < 1.29 is 23.1 Å². The van der Waals surface area contributed by atoms with Gasteiger partial charge in [0.2, 0.25) is 0 Å². The van der Waals surface area contributed by atoms with E-state index in [9.17, 15) is 18.4 Å². The number of aromatic nitrogens is 2. The van der Waals surface area contributed by atoms with Gasteiger partial charge in [-0.3, -0.25) is 4.79 Å². The molecule has 5 nitrogen and oxygen atoms in total. The molecule has 31 heavy (non-hydrogen) atoms. The van der Waals surface area contributed by atoms with E-state index in [2.05, 4.69) is 9.84 Å². The van der Waals surface area contributed by atoms with Gasteiger partial charge in [0, 0.05) is 5.56 Å². The zero-order valence-corrected chi connectivity index (χ0v) is 17.2. The zero-order valence-electron chi connectivity index (χ0n) is 16.4. The summed E-state index contributed by atoms with van der Waals surface area (Å²) in [6.45, 7) is 1.72. The Labute approximate surface area is 180 Å². The summed E-state index contributed by atoms with van der Waals surface area (Å²) < 4.78 is 35.2. The van der Waals surface area contributed by atoms with Gasteiger partial charge in [0.15, 0.2) is 0 Å². The third kappa shape index (κ3) is 3.47. The van der Waals surface area contributed by atoms with Gasteiger partial charge in [0.05, 0.1) is 34.2 Å². The van der Waals surface area contributed by atoms with Crippen molar-refractivity contribution in [1.82, 2.24) is 9.78 Å². The minimum absolute atomic E-state index is 0.00395. The zero-order chi connectivity index (χ0) is 22.3. The lowest BCUT2D eigenvalue weighted by atomic mass is 10.0. The number of esters is 1. The van der Waals surface area contributed by atoms with E-state index in [0.29, 0.717) is 5.56 Å². The number of hydrogen-bond donors (Lipinski definition) is 0. The molecule has 1 heterocycles. The van der Waals surface area contributed by atoms with Crippen molar-refractivity contribution in [2.75, 3.05) is 7.11 Å². The highest BCUT2D eigenvalue weighted by molar-refractivity contribution is 6.34. The van der Waals surface area contributed by atoms with E-state index in [0.717, 1.165) is 10.7 Å². The topological polar surface area (TPSA) is 61.2 Å². The molecule has 0 unspecified atom stereocenters. The van der Waals surface area contributed by atoms with Crippen LogP contribution >= 0.6 is 11.6 Å². The smallest absolute Gasteiger partial charge is 0.337 e. The molecule has 0 saturated carbocycles. The molecule has 4 rings (SSSR count). The number of hydrogen-bond acceptors (Lipinski definition) is 4. The molecule has 3 aromatic carbocycles.